The predicted molar refractivity (Wildman–Crippen MR) is 89.8 cm³/mol. The van der Waals surface area contributed by atoms with Crippen LogP contribution in [0.15, 0.2) is 16.9 Å². The number of aryl methyl sites for hydroxylation is 2. The van der Waals surface area contributed by atoms with E-state index in [4.69, 9.17) is 4.52 Å². The molecule has 0 amide bonds. The smallest absolute Gasteiger partial charge is 0.140 e. The van der Waals surface area contributed by atoms with Crippen LogP contribution in [0.2, 0.25) is 0 Å². The van der Waals surface area contributed by atoms with E-state index < -0.39 is 0 Å². The van der Waals surface area contributed by atoms with Gasteiger partial charge in [0.15, 0.2) is 0 Å². The van der Waals surface area contributed by atoms with Gasteiger partial charge in [0.05, 0.1) is 0 Å². The second kappa shape index (κ2) is 5.55. The van der Waals surface area contributed by atoms with Gasteiger partial charge in [-0.05, 0) is 31.6 Å². The summed E-state index contributed by atoms with van der Waals surface area (Å²) in [6.07, 6.45) is 5.12. The summed E-state index contributed by atoms with van der Waals surface area (Å²) in [5, 5.41) is 4.32. The van der Waals surface area contributed by atoms with E-state index in [0.717, 1.165) is 74.7 Å². The first-order valence-electron chi connectivity index (χ1n) is 8.98. The number of nitrogens with zero attached hydrogens (tertiary/aromatic N) is 5. The fraction of sp³-hybridized carbons (Fsp3) is 0.611. The first kappa shape index (κ1) is 14.4. The second-order valence-corrected chi connectivity index (χ2v) is 7.52. The van der Waals surface area contributed by atoms with E-state index in [1.807, 2.05) is 6.92 Å². The Hall–Kier alpha value is -1.95. The maximum atomic E-state index is 5.50. The molecular formula is C18H23N5O. The monoisotopic (exact) mass is 325 g/mol. The topological polar surface area (TPSA) is 58.3 Å². The first-order valence-corrected chi connectivity index (χ1v) is 8.98. The second-order valence-electron chi connectivity index (χ2n) is 7.52. The molecule has 2 aliphatic heterocycles. The van der Waals surface area contributed by atoms with Crippen LogP contribution in [0.5, 0.6) is 0 Å². The molecule has 2 saturated heterocycles. The number of aromatic nitrogens is 3. The van der Waals surface area contributed by atoms with Crippen LogP contribution in [0.3, 0.4) is 0 Å². The highest BCUT2D eigenvalue weighted by molar-refractivity contribution is 5.40. The number of hydrogen-bond donors (Lipinski definition) is 0. The lowest BCUT2D eigenvalue weighted by Crippen LogP contribution is -2.29. The van der Waals surface area contributed by atoms with Gasteiger partial charge >= 0.3 is 0 Å². The molecule has 6 nitrogen and oxygen atoms in total. The molecule has 3 aliphatic rings. The molecule has 2 aromatic rings. The van der Waals surface area contributed by atoms with Gasteiger partial charge in [0, 0.05) is 56.5 Å². The summed E-state index contributed by atoms with van der Waals surface area (Å²) in [6, 6.07) is 2.09. The van der Waals surface area contributed by atoms with Crippen molar-refractivity contribution in [3.63, 3.8) is 0 Å². The molecule has 5 rings (SSSR count). The van der Waals surface area contributed by atoms with Gasteiger partial charge in [-0.3, -0.25) is 4.90 Å². The number of likely N-dealkylation sites (tertiary alicyclic amines) is 1. The summed E-state index contributed by atoms with van der Waals surface area (Å²) in [4.78, 5) is 13.6. The van der Waals surface area contributed by atoms with Crippen LogP contribution in [0.4, 0.5) is 5.82 Å². The van der Waals surface area contributed by atoms with E-state index in [1.165, 1.54) is 17.7 Å². The molecule has 4 heterocycles. The van der Waals surface area contributed by atoms with Crippen LogP contribution in [0.25, 0.3) is 0 Å². The largest absolute Gasteiger partial charge is 0.361 e. The normalized spacial score (nSPS) is 26.1. The van der Waals surface area contributed by atoms with Gasteiger partial charge in [0.2, 0.25) is 0 Å². The van der Waals surface area contributed by atoms with Crippen LogP contribution < -0.4 is 4.90 Å². The van der Waals surface area contributed by atoms with E-state index >= 15 is 0 Å². The lowest BCUT2D eigenvalue weighted by Gasteiger charge is -2.22. The number of fused-ring (bicyclic) bond motifs is 2. The molecule has 2 aromatic heterocycles. The molecule has 0 aromatic carbocycles. The highest BCUT2D eigenvalue weighted by Gasteiger charge is 2.40. The van der Waals surface area contributed by atoms with Crippen molar-refractivity contribution in [3.8, 4) is 0 Å². The summed E-state index contributed by atoms with van der Waals surface area (Å²) < 4.78 is 5.50. The van der Waals surface area contributed by atoms with Crippen molar-refractivity contribution in [1.82, 2.24) is 20.0 Å². The fourth-order valence-electron chi connectivity index (χ4n) is 4.64. The molecule has 6 heteroatoms. The van der Waals surface area contributed by atoms with Gasteiger partial charge in [-0.1, -0.05) is 5.16 Å². The minimum atomic E-state index is 0.736. The van der Waals surface area contributed by atoms with Gasteiger partial charge in [0.1, 0.15) is 23.6 Å². The SMILES string of the molecule is Cc1cc(N2CC3CN(Cc4noc5c4CCC5)CC3C2)ncn1. The Kier molecular flexibility index (Phi) is 3.33. The minimum Gasteiger partial charge on any atom is -0.361 e. The molecule has 0 N–H and O–H groups in total. The molecule has 2 unspecified atom stereocenters. The maximum Gasteiger partial charge on any atom is 0.140 e. The Morgan fingerprint density at radius 3 is 2.75 bits per heavy atom. The van der Waals surface area contributed by atoms with Crippen molar-refractivity contribution >= 4 is 5.82 Å². The molecule has 0 bridgehead atoms. The molecule has 1 aliphatic carbocycles. The van der Waals surface area contributed by atoms with Crippen LogP contribution >= 0.6 is 0 Å². The maximum absolute atomic E-state index is 5.50. The van der Waals surface area contributed by atoms with E-state index in [1.54, 1.807) is 6.33 Å². The van der Waals surface area contributed by atoms with Crippen molar-refractivity contribution < 1.29 is 4.52 Å². The molecule has 2 atom stereocenters. The van der Waals surface area contributed by atoms with Crippen LogP contribution in [-0.4, -0.2) is 46.2 Å². The summed E-state index contributed by atoms with van der Waals surface area (Å²) >= 11 is 0. The van der Waals surface area contributed by atoms with E-state index in [9.17, 15) is 0 Å². The highest BCUT2D eigenvalue weighted by atomic mass is 16.5. The lowest BCUT2D eigenvalue weighted by atomic mass is 10.0. The third-order valence-corrected chi connectivity index (χ3v) is 5.83. The molecule has 2 fully saturated rings. The third-order valence-electron chi connectivity index (χ3n) is 5.83. The Morgan fingerprint density at radius 1 is 1.12 bits per heavy atom. The zero-order valence-corrected chi connectivity index (χ0v) is 14.1. The van der Waals surface area contributed by atoms with Crippen LogP contribution in [-0.2, 0) is 19.4 Å². The summed E-state index contributed by atoms with van der Waals surface area (Å²) in [5.41, 5.74) is 3.62. The van der Waals surface area contributed by atoms with Crippen molar-refractivity contribution in [2.75, 3.05) is 31.1 Å². The van der Waals surface area contributed by atoms with Gasteiger partial charge in [-0.25, -0.2) is 9.97 Å². The summed E-state index contributed by atoms with van der Waals surface area (Å²) in [5.74, 6) is 3.69. The Bertz CT molecular complexity index is 744. The number of rotatable bonds is 3. The number of anilines is 1. The molecule has 126 valence electrons. The molecular weight excluding hydrogens is 302 g/mol. The molecule has 0 radical (unpaired) electrons. The van der Waals surface area contributed by atoms with Crippen LogP contribution in [0.1, 0.15) is 29.1 Å². The quantitative estimate of drug-likeness (QED) is 0.858. The Labute approximate surface area is 141 Å². The Morgan fingerprint density at radius 2 is 1.96 bits per heavy atom. The van der Waals surface area contributed by atoms with E-state index in [0.29, 0.717) is 0 Å². The number of hydrogen-bond acceptors (Lipinski definition) is 6. The van der Waals surface area contributed by atoms with Crippen molar-refractivity contribution in [2.24, 2.45) is 11.8 Å². The first-order chi connectivity index (χ1) is 11.8. The third kappa shape index (κ3) is 2.40. The fourth-order valence-corrected chi connectivity index (χ4v) is 4.64. The Balaban J connectivity index is 1.24. The van der Waals surface area contributed by atoms with Crippen molar-refractivity contribution in [1.29, 1.82) is 0 Å². The minimum absolute atomic E-state index is 0.736. The molecule has 0 spiro atoms. The average Bonchev–Trinajstić information content (AvgIpc) is 3.29. The van der Waals surface area contributed by atoms with Crippen LogP contribution in [0, 0.1) is 18.8 Å². The van der Waals surface area contributed by atoms with E-state index in [2.05, 4.69) is 31.0 Å². The highest BCUT2D eigenvalue weighted by Crippen LogP contribution is 2.35. The van der Waals surface area contributed by atoms with Crippen molar-refractivity contribution in [2.45, 2.75) is 32.7 Å². The van der Waals surface area contributed by atoms with Gasteiger partial charge < -0.3 is 9.42 Å². The summed E-state index contributed by atoms with van der Waals surface area (Å²) in [6.45, 7) is 7.52. The van der Waals surface area contributed by atoms with Gasteiger partial charge in [0.25, 0.3) is 0 Å². The average molecular weight is 325 g/mol. The van der Waals surface area contributed by atoms with Gasteiger partial charge in [-0.2, -0.15) is 0 Å². The zero-order chi connectivity index (χ0) is 16.1. The zero-order valence-electron chi connectivity index (χ0n) is 14.1. The summed E-state index contributed by atoms with van der Waals surface area (Å²) in [7, 11) is 0. The van der Waals surface area contributed by atoms with Gasteiger partial charge in [-0.15, -0.1) is 0 Å². The lowest BCUT2D eigenvalue weighted by molar-refractivity contribution is 0.291. The predicted octanol–water partition coefficient (Wildman–Crippen LogP) is 1.83. The molecule has 0 saturated carbocycles. The van der Waals surface area contributed by atoms with E-state index in [-0.39, 0.29) is 0 Å². The standard InChI is InChI=1S/C18H23N5O/c1-12-5-18(20-11-19-12)23-8-13-6-22(7-14(13)9-23)10-16-15-3-2-4-17(15)24-21-16/h5,11,13-14H,2-4,6-10H2,1H3. The molecule has 24 heavy (non-hydrogen) atoms. The van der Waals surface area contributed by atoms with Crippen molar-refractivity contribution in [3.05, 3.63) is 35.1 Å².